The fourth-order valence-electron chi connectivity index (χ4n) is 0. The Morgan fingerprint density at radius 1 is 1.25 bits per heavy atom. The second-order valence-electron chi connectivity index (χ2n) is 2.73. The smallest absolute Gasteiger partial charge is 0.0967 e. The summed E-state index contributed by atoms with van der Waals surface area (Å²) >= 11 is 9.53. The Morgan fingerprint density at radius 3 is 1.33 bits per heavy atom. The SMILES string of the molecule is CCO.COC(C)(C)C.ClCCl. The molecule has 0 atom stereocenters. The van der Waals surface area contributed by atoms with Crippen LogP contribution in [0.2, 0.25) is 0 Å². The number of halogens is 2. The normalized spacial score (nSPS) is 9.00. The first kappa shape index (κ1) is 18.3. The van der Waals surface area contributed by atoms with E-state index in [1.807, 2.05) is 20.8 Å². The van der Waals surface area contributed by atoms with E-state index in [0.29, 0.717) is 0 Å². The summed E-state index contributed by atoms with van der Waals surface area (Å²) in [5.41, 5.74) is 0.0417. The Balaban J connectivity index is -0.000000115. The first-order valence-corrected chi connectivity index (χ1v) is 4.74. The molecule has 2 nitrogen and oxygen atoms in total. The third-order valence-corrected chi connectivity index (χ3v) is 0.612. The van der Waals surface area contributed by atoms with Gasteiger partial charge >= 0.3 is 0 Å². The van der Waals surface area contributed by atoms with Gasteiger partial charge in [-0.1, -0.05) is 0 Å². The van der Waals surface area contributed by atoms with Crippen molar-refractivity contribution in [2.24, 2.45) is 0 Å². The highest BCUT2D eigenvalue weighted by molar-refractivity contribution is 6.40. The largest absolute Gasteiger partial charge is 0.397 e. The average Bonchev–Trinajstić information content (AvgIpc) is 1.90. The molecule has 0 spiro atoms. The van der Waals surface area contributed by atoms with Crippen molar-refractivity contribution in [3.63, 3.8) is 0 Å². The number of methoxy groups -OCH3 is 1. The highest BCUT2D eigenvalue weighted by atomic mass is 35.5. The van der Waals surface area contributed by atoms with Gasteiger partial charge in [-0.05, 0) is 27.7 Å². The van der Waals surface area contributed by atoms with Crippen molar-refractivity contribution < 1.29 is 9.84 Å². The molecule has 0 fully saturated rings. The number of aliphatic hydroxyl groups excluding tert-OH is 1. The lowest BCUT2D eigenvalue weighted by Crippen LogP contribution is -2.15. The zero-order chi connectivity index (χ0) is 10.6. The van der Waals surface area contributed by atoms with Gasteiger partial charge in [0.15, 0.2) is 0 Å². The van der Waals surface area contributed by atoms with Crippen LogP contribution in [-0.2, 0) is 4.74 Å². The van der Waals surface area contributed by atoms with Crippen molar-refractivity contribution in [1.82, 2.24) is 0 Å². The van der Waals surface area contributed by atoms with Crippen molar-refractivity contribution in [1.29, 1.82) is 0 Å². The predicted octanol–water partition coefficient (Wildman–Crippen LogP) is 2.85. The third-order valence-electron chi connectivity index (χ3n) is 0.612. The van der Waals surface area contributed by atoms with Crippen LogP contribution in [0, 0.1) is 0 Å². The molecule has 0 aliphatic heterocycles. The maximum Gasteiger partial charge on any atom is 0.0967 e. The van der Waals surface area contributed by atoms with Crippen LogP contribution >= 0.6 is 23.2 Å². The van der Waals surface area contributed by atoms with E-state index in [4.69, 9.17) is 33.0 Å². The van der Waals surface area contributed by atoms with Crippen LogP contribution in [0.15, 0.2) is 0 Å². The number of alkyl halides is 2. The van der Waals surface area contributed by atoms with E-state index < -0.39 is 0 Å². The maximum atomic E-state index is 7.57. The monoisotopic (exact) mass is 218 g/mol. The minimum Gasteiger partial charge on any atom is -0.397 e. The van der Waals surface area contributed by atoms with Gasteiger partial charge in [0.25, 0.3) is 0 Å². The molecule has 0 radical (unpaired) electrons. The van der Waals surface area contributed by atoms with Crippen molar-refractivity contribution in [2.75, 3.05) is 19.1 Å². The second-order valence-corrected chi connectivity index (χ2v) is 3.54. The molecule has 0 aliphatic rings. The Hall–Kier alpha value is 0.500. The molecular weight excluding hydrogens is 199 g/mol. The molecule has 0 aromatic heterocycles. The van der Waals surface area contributed by atoms with E-state index in [2.05, 4.69) is 0 Å². The van der Waals surface area contributed by atoms with Gasteiger partial charge in [0.2, 0.25) is 0 Å². The summed E-state index contributed by atoms with van der Waals surface area (Å²) < 4.78 is 4.94. The predicted molar refractivity (Wildman–Crippen MR) is 56.1 cm³/mol. The van der Waals surface area contributed by atoms with Crippen LogP contribution in [0.25, 0.3) is 0 Å². The van der Waals surface area contributed by atoms with Crippen LogP contribution in [0.1, 0.15) is 27.7 Å². The number of hydrogen-bond acceptors (Lipinski definition) is 2. The molecule has 0 unspecified atom stereocenters. The van der Waals surface area contributed by atoms with Crippen LogP contribution in [0.3, 0.4) is 0 Å². The summed E-state index contributed by atoms with van der Waals surface area (Å²) in [7, 11) is 1.71. The van der Waals surface area contributed by atoms with E-state index in [-0.39, 0.29) is 17.5 Å². The van der Waals surface area contributed by atoms with Gasteiger partial charge in [-0.25, -0.2) is 0 Å². The topological polar surface area (TPSA) is 29.5 Å². The van der Waals surface area contributed by atoms with Gasteiger partial charge < -0.3 is 9.84 Å². The number of hydrogen-bond donors (Lipinski definition) is 1. The van der Waals surface area contributed by atoms with Gasteiger partial charge in [-0.3, -0.25) is 0 Å². The van der Waals surface area contributed by atoms with Crippen LogP contribution in [0.5, 0.6) is 0 Å². The fourth-order valence-corrected chi connectivity index (χ4v) is 0. The lowest BCUT2D eigenvalue weighted by Gasteiger charge is -2.14. The van der Waals surface area contributed by atoms with Crippen LogP contribution in [0.4, 0.5) is 0 Å². The molecule has 0 rings (SSSR count). The Labute approximate surface area is 85.8 Å². The van der Waals surface area contributed by atoms with E-state index >= 15 is 0 Å². The summed E-state index contributed by atoms with van der Waals surface area (Å²) in [5, 5.41) is 7.76. The van der Waals surface area contributed by atoms with E-state index in [0.717, 1.165) is 0 Å². The number of ether oxygens (including phenoxy) is 1. The van der Waals surface area contributed by atoms with Gasteiger partial charge in [0, 0.05) is 13.7 Å². The summed E-state index contributed by atoms with van der Waals surface area (Å²) in [5.74, 6) is 0. The molecule has 0 heterocycles. The van der Waals surface area contributed by atoms with Crippen molar-refractivity contribution in [3.8, 4) is 0 Å². The fraction of sp³-hybridized carbons (Fsp3) is 1.00. The molecule has 0 aliphatic carbocycles. The van der Waals surface area contributed by atoms with Crippen molar-refractivity contribution >= 4 is 23.2 Å². The quantitative estimate of drug-likeness (QED) is 0.635. The summed E-state index contributed by atoms with van der Waals surface area (Å²) in [4.78, 5) is 0. The first-order chi connectivity index (χ1) is 5.39. The van der Waals surface area contributed by atoms with Gasteiger partial charge in [-0.2, -0.15) is 0 Å². The van der Waals surface area contributed by atoms with Gasteiger partial charge in [-0.15, -0.1) is 23.2 Å². The lowest BCUT2D eigenvalue weighted by molar-refractivity contribution is 0.0397. The molecule has 0 saturated heterocycles. The Morgan fingerprint density at radius 2 is 1.33 bits per heavy atom. The summed E-state index contributed by atoms with van der Waals surface area (Å²) in [6, 6.07) is 0. The van der Waals surface area contributed by atoms with Crippen molar-refractivity contribution in [3.05, 3.63) is 0 Å². The average molecular weight is 219 g/mol. The van der Waals surface area contributed by atoms with E-state index in [1.165, 1.54) is 0 Å². The maximum absolute atomic E-state index is 7.57. The molecule has 0 bridgehead atoms. The highest BCUT2D eigenvalue weighted by Gasteiger charge is 2.03. The number of aliphatic hydroxyl groups is 1. The second kappa shape index (κ2) is 14.0. The van der Waals surface area contributed by atoms with Crippen LogP contribution in [-0.4, -0.2) is 29.8 Å². The van der Waals surface area contributed by atoms with Gasteiger partial charge in [0.1, 0.15) is 0 Å². The lowest BCUT2D eigenvalue weighted by atomic mass is 10.2. The first-order valence-electron chi connectivity index (χ1n) is 3.67. The molecule has 0 aromatic carbocycles. The van der Waals surface area contributed by atoms with E-state index in [1.54, 1.807) is 14.0 Å². The minimum atomic E-state index is 0.0417. The standard InChI is InChI=1S/C5H12O.C2H6O.CH2Cl2/c1-5(2,3)6-4;1-2-3;2-1-3/h1-4H3;3H,2H2,1H3;1H2. The van der Waals surface area contributed by atoms with Crippen LogP contribution < -0.4 is 0 Å². The molecule has 0 aromatic rings. The minimum absolute atomic E-state index is 0.0417. The zero-order valence-corrected chi connectivity index (χ0v) is 10.0. The number of rotatable bonds is 0. The van der Waals surface area contributed by atoms with Gasteiger partial charge in [0.05, 0.1) is 10.9 Å². The molecule has 12 heavy (non-hydrogen) atoms. The highest BCUT2D eigenvalue weighted by Crippen LogP contribution is 2.02. The van der Waals surface area contributed by atoms with Crippen molar-refractivity contribution in [2.45, 2.75) is 33.3 Å². The molecule has 0 saturated carbocycles. The van der Waals surface area contributed by atoms with E-state index in [9.17, 15) is 0 Å². The summed E-state index contributed by atoms with van der Waals surface area (Å²) in [6.45, 7) is 7.99. The molecule has 0 amide bonds. The Bertz CT molecular complexity index is 60.6. The summed E-state index contributed by atoms with van der Waals surface area (Å²) in [6.07, 6.45) is 0. The third kappa shape index (κ3) is 77.4. The molecular formula is C8H20Cl2O2. The molecule has 4 heteroatoms. The molecule has 78 valence electrons. The Kier molecular flexibility index (Phi) is 21.4. The molecule has 1 N–H and O–H groups in total. The zero-order valence-electron chi connectivity index (χ0n) is 8.53.